The number of halogens is 1. The Morgan fingerprint density at radius 2 is 1.86 bits per heavy atom. The van der Waals surface area contributed by atoms with E-state index in [1.165, 1.54) is 5.39 Å². The van der Waals surface area contributed by atoms with Gasteiger partial charge >= 0.3 is 0 Å². The lowest BCUT2D eigenvalue weighted by atomic mass is 10.1. The molecule has 2 aromatic carbocycles. The van der Waals surface area contributed by atoms with E-state index in [0.29, 0.717) is 4.99 Å². The van der Waals surface area contributed by atoms with E-state index in [4.69, 9.17) is 18.0 Å². The van der Waals surface area contributed by atoms with E-state index in [0.717, 1.165) is 15.4 Å². The van der Waals surface area contributed by atoms with Crippen molar-refractivity contribution in [1.29, 1.82) is 0 Å². The Hall–Kier alpha value is -0.930. The lowest BCUT2D eigenvalue weighted by Gasteiger charge is -2.05. The molecule has 0 spiro atoms. The zero-order valence-electron chi connectivity index (χ0n) is 7.33. The summed E-state index contributed by atoms with van der Waals surface area (Å²) in [7, 11) is 0. The second kappa shape index (κ2) is 3.67. The SMILES string of the molecule is NC(=S)c1ccc2ccccc2c1Br. The van der Waals surface area contributed by atoms with Gasteiger partial charge < -0.3 is 5.73 Å². The summed E-state index contributed by atoms with van der Waals surface area (Å²) in [5.41, 5.74) is 6.49. The first-order chi connectivity index (χ1) is 6.70. The molecule has 1 nitrogen and oxygen atoms in total. The van der Waals surface area contributed by atoms with Gasteiger partial charge in [-0.3, -0.25) is 0 Å². The van der Waals surface area contributed by atoms with Gasteiger partial charge in [0.1, 0.15) is 4.99 Å². The Bertz CT molecular complexity index is 508. The van der Waals surface area contributed by atoms with E-state index in [-0.39, 0.29) is 0 Å². The van der Waals surface area contributed by atoms with Crippen molar-refractivity contribution in [3.63, 3.8) is 0 Å². The maximum Gasteiger partial charge on any atom is 0.105 e. The molecule has 0 aliphatic carbocycles. The third-order valence-corrected chi connectivity index (χ3v) is 3.20. The summed E-state index contributed by atoms with van der Waals surface area (Å²) < 4.78 is 0.975. The second-order valence-electron chi connectivity index (χ2n) is 3.01. The van der Waals surface area contributed by atoms with E-state index in [9.17, 15) is 0 Å². The molecule has 0 unspecified atom stereocenters. The van der Waals surface area contributed by atoms with Crippen molar-refractivity contribution in [2.24, 2.45) is 5.73 Å². The first-order valence-corrected chi connectivity index (χ1v) is 5.37. The second-order valence-corrected chi connectivity index (χ2v) is 4.25. The molecule has 14 heavy (non-hydrogen) atoms. The van der Waals surface area contributed by atoms with E-state index in [1.807, 2.05) is 30.3 Å². The molecule has 0 aliphatic heterocycles. The van der Waals surface area contributed by atoms with Gasteiger partial charge in [0.2, 0.25) is 0 Å². The van der Waals surface area contributed by atoms with E-state index in [2.05, 4.69) is 22.0 Å². The van der Waals surface area contributed by atoms with Crippen LogP contribution in [0.5, 0.6) is 0 Å². The summed E-state index contributed by atoms with van der Waals surface area (Å²) in [5, 5.41) is 2.32. The van der Waals surface area contributed by atoms with Crippen molar-refractivity contribution < 1.29 is 0 Å². The van der Waals surface area contributed by atoms with Crippen molar-refractivity contribution in [1.82, 2.24) is 0 Å². The van der Waals surface area contributed by atoms with Crippen LogP contribution in [-0.2, 0) is 0 Å². The summed E-state index contributed by atoms with van der Waals surface area (Å²) >= 11 is 8.48. The third kappa shape index (κ3) is 1.53. The van der Waals surface area contributed by atoms with Crippen LogP contribution in [0.3, 0.4) is 0 Å². The molecule has 70 valence electrons. The maximum atomic E-state index is 5.61. The first kappa shape index (κ1) is 9.62. The van der Waals surface area contributed by atoms with Gasteiger partial charge in [0.05, 0.1) is 0 Å². The van der Waals surface area contributed by atoms with Crippen LogP contribution < -0.4 is 5.73 Å². The summed E-state index contributed by atoms with van der Waals surface area (Å²) in [6.45, 7) is 0. The largest absolute Gasteiger partial charge is 0.389 e. The van der Waals surface area contributed by atoms with Crippen molar-refractivity contribution >= 4 is 43.9 Å². The fraction of sp³-hybridized carbons (Fsp3) is 0. The summed E-state index contributed by atoms with van der Waals surface area (Å²) in [6.07, 6.45) is 0. The van der Waals surface area contributed by atoms with Gasteiger partial charge in [-0.15, -0.1) is 0 Å². The number of thiocarbonyl (C=S) groups is 1. The molecule has 0 atom stereocenters. The standard InChI is InChI=1S/C11H8BrNS/c12-10-8-4-2-1-3-7(8)5-6-9(10)11(13)14/h1-6H,(H2,13,14). The van der Waals surface area contributed by atoms with Crippen LogP contribution in [0.2, 0.25) is 0 Å². The van der Waals surface area contributed by atoms with Gasteiger partial charge in [-0.1, -0.05) is 48.6 Å². The van der Waals surface area contributed by atoms with Crippen LogP contribution >= 0.6 is 28.1 Å². The predicted molar refractivity (Wildman–Crippen MR) is 67.5 cm³/mol. The zero-order valence-corrected chi connectivity index (χ0v) is 9.73. The minimum atomic E-state index is 0.419. The maximum absolute atomic E-state index is 5.61. The molecule has 0 aromatic heterocycles. The molecule has 0 aliphatic rings. The minimum absolute atomic E-state index is 0.419. The molecule has 0 bridgehead atoms. The normalized spacial score (nSPS) is 10.4. The number of nitrogens with two attached hydrogens (primary N) is 1. The summed E-state index contributed by atoms with van der Waals surface area (Å²) in [5.74, 6) is 0. The summed E-state index contributed by atoms with van der Waals surface area (Å²) in [4.78, 5) is 0.419. The molecule has 0 radical (unpaired) electrons. The lowest BCUT2D eigenvalue weighted by molar-refractivity contribution is 1.62. The molecule has 2 N–H and O–H groups in total. The molecule has 0 fully saturated rings. The molecule has 0 saturated carbocycles. The molecule has 0 heterocycles. The molecule has 2 aromatic rings. The number of hydrogen-bond acceptors (Lipinski definition) is 1. The van der Waals surface area contributed by atoms with Crippen LogP contribution in [-0.4, -0.2) is 4.99 Å². The minimum Gasteiger partial charge on any atom is -0.389 e. The first-order valence-electron chi connectivity index (χ1n) is 4.17. The average Bonchev–Trinajstić information content (AvgIpc) is 2.18. The van der Waals surface area contributed by atoms with E-state index in [1.54, 1.807) is 0 Å². The Kier molecular flexibility index (Phi) is 2.52. The molecule has 0 amide bonds. The van der Waals surface area contributed by atoms with Crippen LogP contribution in [0.15, 0.2) is 40.9 Å². The van der Waals surface area contributed by atoms with Crippen molar-refractivity contribution in [2.75, 3.05) is 0 Å². The highest BCUT2D eigenvalue weighted by Gasteiger charge is 2.05. The third-order valence-electron chi connectivity index (χ3n) is 2.13. The van der Waals surface area contributed by atoms with E-state index >= 15 is 0 Å². The number of fused-ring (bicyclic) bond motifs is 1. The Labute approximate surface area is 96.0 Å². The monoisotopic (exact) mass is 265 g/mol. The van der Waals surface area contributed by atoms with Gasteiger partial charge in [-0.05, 0) is 26.7 Å². The summed E-state index contributed by atoms with van der Waals surface area (Å²) in [6, 6.07) is 12.1. The van der Waals surface area contributed by atoms with Gasteiger partial charge in [-0.2, -0.15) is 0 Å². The fourth-order valence-electron chi connectivity index (χ4n) is 1.42. The molecular weight excluding hydrogens is 258 g/mol. The van der Waals surface area contributed by atoms with Crippen molar-refractivity contribution in [3.05, 3.63) is 46.4 Å². The van der Waals surface area contributed by atoms with Gasteiger partial charge in [0.15, 0.2) is 0 Å². The van der Waals surface area contributed by atoms with Gasteiger partial charge in [0, 0.05) is 10.0 Å². The topological polar surface area (TPSA) is 26.0 Å². The van der Waals surface area contributed by atoms with Gasteiger partial charge in [-0.25, -0.2) is 0 Å². The van der Waals surface area contributed by atoms with Crippen molar-refractivity contribution in [3.8, 4) is 0 Å². The quantitative estimate of drug-likeness (QED) is 0.802. The average molecular weight is 266 g/mol. The number of benzene rings is 2. The number of rotatable bonds is 1. The zero-order chi connectivity index (χ0) is 10.1. The highest BCUT2D eigenvalue weighted by molar-refractivity contribution is 9.10. The van der Waals surface area contributed by atoms with Crippen LogP contribution in [0.25, 0.3) is 10.8 Å². The van der Waals surface area contributed by atoms with E-state index < -0.39 is 0 Å². The molecule has 3 heteroatoms. The van der Waals surface area contributed by atoms with Crippen molar-refractivity contribution in [2.45, 2.75) is 0 Å². The predicted octanol–water partition coefficient (Wildman–Crippen LogP) is 3.24. The van der Waals surface area contributed by atoms with Crippen LogP contribution in [0.1, 0.15) is 5.56 Å². The Morgan fingerprint density at radius 3 is 2.57 bits per heavy atom. The molecule has 0 saturated heterocycles. The van der Waals surface area contributed by atoms with Gasteiger partial charge in [0.25, 0.3) is 0 Å². The smallest absolute Gasteiger partial charge is 0.105 e. The Balaban J connectivity index is 2.81. The highest BCUT2D eigenvalue weighted by atomic mass is 79.9. The Morgan fingerprint density at radius 1 is 1.14 bits per heavy atom. The number of hydrogen-bond donors (Lipinski definition) is 1. The fourth-order valence-corrected chi connectivity index (χ4v) is 2.43. The lowest BCUT2D eigenvalue weighted by Crippen LogP contribution is -2.09. The van der Waals surface area contributed by atoms with Crippen LogP contribution in [0, 0.1) is 0 Å². The van der Waals surface area contributed by atoms with Crippen LogP contribution in [0.4, 0.5) is 0 Å². The highest BCUT2D eigenvalue weighted by Crippen LogP contribution is 2.27. The molecular formula is C11H8BrNS. The molecule has 2 rings (SSSR count).